The average Bonchev–Trinajstić information content (AvgIpc) is 2.89. The summed E-state index contributed by atoms with van der Waals surface area (Å²) in [6.07, 6.45) is 10.1. The molecule has 0 fully saturated rings. The van der Waals surface area contributed by atoms with Crippen LogP contribution in [-0.4, -0.2) is 4.57 Å². The Morgan fingerprint density at radius 2 is 1.84 bits per heavy atom. The van der Waals surface area contributed by atoms with Crippen molar-refractivity contribution in [1.29, 1.82) is 10.5 Å². The van der Waals surface area contributed by atoms with Crippen LogP contribution >= 0.6 is 0 Å². The Morgan fingerprint density at radius 3 is 2.56 bits per heavy atom. The SMILES string of the molecule is Cn1cc(/C=C/C2=CC(=C(C#N)C#N)CC(C)(C)C2)c2ccccc21. The van der Waals surface area contributed by atoms with E-state index in [0.29, 0.717) is 0 Å². The highest BCUT2D eigenvalue weighted by molar-refractivity contribution is 5.89. The topological polar surface area (TPSA) is 52.5 Å². The molecule has 3 rings (SSSR count). The maximum Gasteiger partial charge on any atom is 0.132 e. The third-order valence-electron chi connectivity index (χ3n) is 4.66. The number of nitriles is 2. The number of hydrogen-bond acceptors (Lipinski definition) is 2. The van der Waals surface area contributed by atoms with Crippen LogP contribution in [-0.2, 0) is 7.05 Å². The monoisotopic (exact) mass is 327 g/mol. The van der Waals surface area contributed by atoms with Crippen molar-refractivity contribution in [1.82, 2.24) is 4.57 Å². The lowest BCUT2D eigenvalue weighted by molar-refractivity contribution is 0.354. The predicted octanol–water partition coefficient (Wildman–Crippen LogP) is 5.28. The summed E-state index contributed by atoms with van der Waals surface area (Å²) in [5.41, 5.74) is 4.65. The van der Waals surface area contributed by atoms with E-state index in [4.69, 9.17) is 0 Å². The highest BCUT2D eigenvalue weighted by atomic mass is 14.9. The van der Waals surface area contributed by atoms with Crippen molar-refractivity contribution >= 4 is 17.0 Å². The van der Waals surface area contributed by atoms with Gasteiger partial charge in [0.25, 0.3) is 0 Å². The number of nitrogens with zero attached hydrogens (tertiary/aromatic N) is 3. The van der Waals surface area contributed by atoms with Crippen molar-refractivity contribution in [3.8, 4) is 12.1 Å². The molecule has 2 aromatic rings. The maximum absolute atomic E-state index is 9.18. The number of allylic oxidation sites excluding steroid dienone is 5. The van der Waals surface area contributed by atoms with Gasteiger partial charge in [0.2, 0.25) is 0 Å². The highest BCUT2D eigenvalue weighted by Gasteiger charge is 2.26. The summed E-state index contributed by atoms with van der Waals surface area (Å²) >= 11 is 0. The first-order valence-electron chi connectivity index (χ1n) is 8.39. The summed E-state index contributed by atoms with van der Waals surface area (Å²) < 4.78 is 2.13. The first-order chi connectivity index (χ1) is 11.9. The normalized spacial score (nSPS) is 16.5. The summed E-state index contributed by atoms with van der Waals surface area (Å²) in [4.78, 5) is 0. The van der Waals surface area contributed by atoms with E-state index in [1.165, 1.54) is 16.5 Å². The fourth-order valence-corrected chi connectivity index (χ4v) is 3.60. The number of aromatic nitrogens is 1. The Morgan fingerprint density at radius 1 is 1.12 bits per heavy atom. The van der Waals surface area contributed by atoms with Crippen LogP contribution in [0.1, 0.15) is 32.3 Å². The zero-order valence-corrected chi connectivity index (χ0v) is 14.9. The molecule has 0 spiro atoms. The summed E-state index contributed by atoms with van der Waals surface area (Å²) in [7, 11) is 2.05. The van der Waals surface area contributed by atoms with Crippen molar-refractivity contribution in [2.24, 2.45) is 12.5 Å². The molecule has 0 amide bonds. The van der Waals surface area contributed by atoms with Gasteiger partial charge in [0, 0.05) is 24.1 Å². The number of aryl methyl sites for hydroxylation is 1. The van der Waals surface area contributed by atoms with Crippen LogP contribution in [0, 0.1) is 28.1 Å². The molecular weight excluding hydrogens is 306 g/mol. The van der Waals surface area contributed by atoms with Gasteiger partial charge in [-0.1, -0.05) is 50.3 Å². The Kier molecular flexibility index (Phi) is 4.34. The zero-order valence-electron chi connectivity index (χ0n) is 14.9. The van der Waals surface area contributed by atoms with Gasteiger partial charge in [-0.15, -0.1) is 0 Å². The van der Waals surface area contributed by atoms with Crippen LogP contribution < -0.4 is 0 Å². The Labute approximate surface area is 148 Å². The summed E-state index contributed by atoms with van der Waals surface area (Å²) in [6.45, 7) is 4.36. The van der Waals surface area contributed by atoms with Crippen molar-refractivity contribution in [2.75, 3.05) is 0 Å². The quantitative estimate of drug-likeness (QED) is 0.704. The Balaban J connectivity index is 2.01. The molecule has 0 N–H and O–H groups in total. The molecule has 1 aliphatic carbocycles. The number of hydrogen-bond donors (Lipinski definition) is 0. The summed E-state index contributed by atoms with van der Waals surface area (Å²) in [6, 6.07) is 12.4. The predicted molar refractivity (Wildman–Crippen MR) is 101 cm³/mol. The van der Waals surface area contributed by atoms with Crippen LogP contribution in [0.2, 0.25) is 0 Å². The smallest absolute Gasteiger partial charge is 0.132 e. The molecule has 0 saturated carbocycles. The molecule has 124 valence electrons. The molecule has 25 heavy (non-hydrogen) atoms. The molecule has 0 bridgehead atoms. The second-order valence-electron chi connectivity index (χ2n) is 7.41. The molecule has 0 aliphatic heterocycles. The Hall–Kier alpha value is -3.04. The summed E-state index contributed by atoms with van der Waals surface area (Å²) in [5.74, 6) is 0. The van der Waals surface area contributed by atoms with Crippen molar-refractivity contribution < 1.29 is 0 Å². The van der Waals surface area contributed by atoms with Gasteiger partial charge in [0.05, 0.1) is 0 Å². The molecule has 0 saturated heterocycles. The fourth-order valence-electron chi connectivity index (χ4n) is 3.60. The lowest BCUT2D eigenvalue weighted by Crippen LogP contribution is -2.17. The highest BCUT2D eigenvalue weighted by Crippen LogP contribution is 2.39. The first-order valence-corrected chi connectivity index (χ1v) is 8.39. The van der Waals surface area contributed by atoms with Crippen LogP contribution in [0.5, 0.6) is 0 Å². The van der Waals surface area contributed by atoms with Crippen molar-refractivity contribution in [3.63, 3.8) is 0 Å². The standard InChI is InChI=1S/C22H21N3/c1-22(2)11-16(10-18(12-22)19(13-23)14-24)8-9-17-15-25(3)21-7-5-4-6-20(17)21/h4-10,15H,11-12H2,1-3H3/b9-8+. The lowest BCUT2D eigenvalue weighted by Gasteiger charge is -2.30. The second-order valence-corrected chi connectivity index (χ2v) is 7.41. The molecule has 0 radical (unpaired) electrons. The second kappa shape index (κ2) is 6.46. The minimum absolute atomic E-state index is 0.0431. The molecule has 3 heteroatoms. The van der Waals surface area contributed by atoms with Gasteiger partial charge < -0.3 is 4.57 Å². The average molecular weight is 327 g/mol. The van der Waals surface area contributed by atoms with E-state index < -0.39 is 0 Å². The van der Waals surface area contributed by atoms with E-state index in [2.05, 4.69) is 62.0 Å². The maximum atomic E-state index is 9.18. The van der Waals surface area contributed by atoms with Gasteiger partial charge >= 0.3 is 0 Å². The number of para-hydroxylation sites is 1. The van der Waals surface area contributed by atoms with E-state index in [-0.39, 0.29) is 11.0 Å². The largest absolute Gasteiger partial charge is 0.350 e. The fraction of sp³-hybridized carbons (Fsp3) is 0.273. The molecule has 1 aromatic heterocycles. The molecular formula is C22H21N3. The van der Waals surface area contributed by atoms with E-state index in [9.17, 15) is 10.5 Å². The third-order valence-corrected chi connectivity index (χ3v) is 4.66. The molecule has 0 atom stereocenters. The molecule has 1 heterocycles. The molecule has 1 aliphatic rings. The minimum Gasteiger partial charge on any atom is -0.350 e. The van der Waals surface area contributed by atoms with Gasteiger partial charge in [-0.3, -0.25) is 0 Å². The van der Waals surface area contributed by atoms with Gasteiger partial charge in [0.15, 0.2) is 0 Å². The zero-order chi connectivity index (χ0) is 18.0. The van der Waals surface area contributed by atoms with E-state index >= 15 is 0 Å². The lowest BCUT2D eigenvalue weighted by atomic mass is 9.74. The number of rotatable bonds is 2. The number of fused-ring (bicyclic) bond motifs is 1. The number of benzene rings is 1. The first kappa shape index (κ1) is 16.8. The van der Waals surface area contributed by atoms with E-state index in [1.54, 1.807) is 0 Å². The van der Waals surface area contributed by atoms with Gasteiger partial charge in [-0.2, -0.15) is 10.5 Å². The molecule has 1 aromatic carbocycles. The van der Waals surface area contributed by atoms with Gasteiger partial charge in [-0.25, -0.2) is 0 Å². The van der Waals surface area contributed by atoms with Gasteiger partial charge in [-0.05, 0) is 41.0 Å². The Bertz CT molecular complexity index is 982. The third kappa shape index (κ3) is 3.42. The van der Waals surface area contributed by atoms with Crippen LogP contribution in [0.15, 0.2) is 59.3 Å². The van der Waals surface area contributed by atoms with Crippen molar-refractivity contribution in [3.05, 3.63) is 64.9 Å². The molecule has 3 nitrogen and oxygen atoms in total. The minimum atomic E-state index is 0.0431. The van der Waals surface area contributed by atoms with E-state index in [0.717, 1.165) is 24.0 Å². The molecule has 0 unspecified atom stereocenters. The van der Waals surface area contributed by atoms with E-state index in [1.807, 2.05) is 24.3 Å². The summed E-state index contributed by atoms with van der Waals surface area (Å²) in [5, 5.41) is 19.6. The van der Waals surface area contributed by atoms with Crippen LogP contribution in [0.4, 0.5) is 0 Å². The van der Waals surface area contributed by atoms with Gasteiger partial charge in [0.1, 0.15) is 17.7 Å². The van der Waals surface area contributed by atoms with Crippen molar-refractivity contribution in [2.45, 2.75) is 26.7 Å². The van der Waals surface area contributed by atoms with Crippen LogP contribution in [0.3, 0.4) is 0 Å². The van der Waals surface area contributed by atoms with Crippen LogP contribution in [0.25, 0.3) is 17.0 Å².